The molecular formula is C13H13FN2O3. The summed E-state index contributed by atoms with van der Waals surface area (Å²) in [5.41, 5.74) is 0.214. The summed E-state index contributed by atoms with van der Waals surface area (Å²) in [6.07, 6.45) is 0.199. The Balaban J connectivity index is 2.62. The third-order valence-electron chi connectivity index (χ3n) is 2.24. The van der Waals surface area contributed by atoms with E-state index in [2.05, 4.69) is 5.32 Å². The van der Waals surface area contributed by atoms with E-state index in [0.717, 1.165) is 12.1 Å². The third kappa shape index (κ3) is 4.76. The summed E-state index contributed by atoms with van der Waals surface area (Å²) >= 11 is 0. The van der Waals surface area contributed by atoms with Gasteiger partial charge < -0.3 is 10.1 Å². The Morgan fingerprint density at radius 2 is 2.21 bits per heavy atom. The van der Waals surface area contributed by atoms with Crippen molar-refractivity contribution in [2.45, 2.75) is 13.3 Å². The predicted molar refractivity (Wildman–Crippen MR) is 65.1 cm³/mol. The van der Waals surface area contributed by atoms with Gasteiger partial charge in [-0.25, -0.2) is 4.39 Å². The number of halogens is 1. The highest BCUT2D eigenvalue weighted by Gasteiger charge is 2.11. The Labute approximate surface area is 110 Å². The monoisotopic (exact) mass is 264 g/mol. The summed E-state index contributed by atoms with van der Waals surface area (Å²) in [4.78, 5) is 22.6. The molecule has 5 nitrogen and oxygen atoms in total. The molecule has 0 aliphatic heterocycles. The molecule has 0 aliphatic rings. The minimum absolute atomic E-state index is 0.0305. The first-order valence-electron chi connectivity index (χ1n) is 5.61. The fourth-order valence-corrected chi connectivity index (χ4v) is 1.36. The van der Waals surface area contributed by atoms with Gasteiger partial charge in [0.15, 0.2) is 12.4 Å². The van der Waals surface area contributed by atoms with Gasteiger partial charge in [0.2, 0.25) is 0 Å². The van der Waals surface area contributed by atoms with E-state index < -0.39 is 11.7 Å². The van der Waals surface area contributed by atoms with Gasteiger partial charge in [-0.3, -0.25) is 9.59 Å². The van der Waals surface area contributed by atoms with Gasteiger partial charge in [-0.15, -0.1) is 0 Å². The second-order valence-electron chi connectivity index (χ2n) is 3.74. The lowest BCUT2D eigenvalue weighted by Gasteiger charge is -2.09. The van der Waals surface area contributed by atoms with Crippen LogP contribution in [-0.4, -0.2) is 24.8 Å². The van der Waals surface area contributed by atoms with Crippen LogP contribution in [0.1, 0.15) is 23.7 Å². The maximum absolute atomic E-state index is 13.1. The number of carbonyl (C=O) groups is 2. The molecule has 0 radical (unpaired) electrons. The number of rotatable bonds is 6. The van der Waals surface area contributed by atoms with Gasteiger partial charge in [-0.05, 0) is 19.1 Å². The smallest absolute Gasteiger partial charge is 0.257 e. The molecule has 0 heterocycles. The molecule has 0 saturated carbocycles. The summed E-state index contributed by atoms with van der Waals surface area (Å²) in [5, 5.41) is 10.8. The molecule has 0 aliphatic carbocycles. The lowest BCUT2D eigenvalue weighted by atomic mass is 10.1. The predicted octanol–water partition coefficient (Wildman–Crippen LogP) is 1.44. The van der Waals surface area contributed by atoms with Crippen LogP contribution < -0.4 is 10.1 Å². The molecule has 0 spiro atoms. The number of ether oxygens (including phenoxy) is 1. The Kier molecular flexibility index (Phi) is 5.48. The highest BCUT2D eigenvalue weighted by molar-refractivity contribution is 5.96. The summed E-state index contributed by atoms with van der Waals surface area (Å²) in [6.45, 7) is 1.21. The molecule has 1 aromatic rings. The molecule has 0 fully saturated rings. The van der Waals surface area contributed by atoms with Crippen LogP contribution in [0.15, 0.2) is 18.2 Å². The van der Waals surface area contributed by atoms with Crippen LogP contribution in [0.4, 0.5) is 4.39 Å². The van der Waals surface area contributed by atoms with Crippen molar-refractivity contribution in [1.29, 1.82) is 5.26 Å². The molecule has 0 atom stereocenters. The van der Waals surface area contributed by atoms with Gasteiger partial charge in [0.25, 0.3) is 5.91 Å². The van der Waals surface area contributed by atoms with Crippen molar-refractivity contribution in [2.24, 2.45) is 0 Å². The van der Waals surface area contributed by atoms with Gasteiger partial charge in [0.1, 0.15) is 11.6 Å². The summed E-state index contributed by atoms with van der Waals surface area (Å²) in [5.74, 6) is -1.23. The van der Waals surface area contributed by atoms with Crippen molar-refractivity contribution >= 4 is 11.7 Å². The lowest BCUT2D eigenvalue weighted by molar-refractivity contribution is -0.123. The fraction of sp³-hybridized carbons (Fsp3) is 0.308. The number of carbonyl (C=O) groups excluding carboxylic acids is 2. The van der Waals surface area contributed by atoms with Crippen LogP contribution in [-0.2, 0) is 4.79 Å². The molecule has 1 rings (SSSR count). The van der Waals surface area contributed by atoms with Gasteiger partial charge >= 0.3 is 0 Å². The highest BCUT2D eigenvalue weighted by atomic mass is 19.1. The van der Waals surface area contributed by atoms with Gasteiger partial charge in [0.05, 0.1) is 18.1 Å². The van der Waals surface area contributed by atoms with E-state index in [4.69, 9.17) is 10.00 Å². The van der Waals surface area contributed by atoms with E-state index in [1.54, 1.807) is 0 Å². The number of benzene rings is 1. The molecular weight excluding hydrogens is 251 g/mol. The molecule has 6 heteroatoms. The van der Waals surface area contributed by atoms with E-state index >= 15 is 0 Å². The maximum Gasteiger partial charge on any atom is 0.257 e. The van der Waals surface area contributed by atoms with E-state index in [1.165, 1.54) is 13.0 Å². The highest BCUT2D eigenvalue weighted by Crippen LogP contribution is 2.20. The zero-order chi connectivity index (χ0) is 14.3. The van der Waals surface area contributed by atoms with Crippen molar-refractivity contribution in [2.75, 3.05) is 13.2 Å². The molecule has 0 aromatic heterocycles. The molecule has 0 unspecified atom stereocenters. The van der Waals surface area contributed by atoms with Crippen molar-refractivity contribution in [3.05, 3.63) is 29.6 Å². The average Bonchev–Trinajstić information content (AvgIpc) is 2.36. The first-order valence-corrected chi connectivity index (χ1v) is 5.61. The number of ketones is 1. The lowest BCUT2D eigenvalue weighted by Crippen LogP contribution is -2.29. The number of nitrogens with one attached hydrogen (secondary N) is 1. The zero-order valence-corrected chi connectivity index (χ0v) is 10.4. The van der Waals surface area contributed by atoms with Crippen LogP contribution in [0.5, 0.6) is 5.75 Å². The normalized spacial score (nSPS) is 9.53. The van der Waals surface area contributed by atoms with Gasteiger partial charge in [-0.2, -0.15) is 5.26 Å². The van der Waals surface area contributed by atoms with E-state index in [9.17, 15) is 14.0 Å². The second kappa shape index (κ2) is 7.11. The van der Waals surface area contributed by atoms with Crippen molar-refractivity contribution in [3.63, 3.8) is 0 Å². The Bertz CT molecular complexity index is 523. The van der Waals surface area contributed by atoms with Crippen LogP contribution in [0.2, 0.25) is 0 Å². The number of nitriles is 1. The van der Waals surface area contributed by atoms with Crippen LogP contribution in [0, 0.1) is 17.1 Å². The number of hydrogen-bond donors (Lipinski definition) is 1. The summed E-state index contributed by atoms with van der Waals surface area (Å²) in [6, 6.07) is 5.39. The molecule has 1 amide bonds. The zero-order valence-electron chi connectivity index (χ0n) is 10.4. The standard InChI is InChI=1S/C13H13FN2O3/c1-9(17)11-4-3-10(14)7-12(11)19-8-13(18)16-6-2-5-15/h3-4,7H,2,6,8H2,1H3,(H,16,18). The van der Waals surface area contributed by atoms with E-state index in [-0.39, 0.29) is 36.7 Å². The van der Waals surface area contributed by atoms with Gasteiger partial charge in [0, 0.05) is 12.6 Å². The van der Waals surface area contributed by atoms with Gasteiger partial charge in [-0.1, -0.05) is 0 Å². The first-order chi connectivity index (χ1) is 9.04. The molecule has 0 bridgehead atoms. The van der Waals surface area contributed by atoms with Crippen molar-refractivity contribution in [3.8, 4) is 11.8 Å². The second-order valence-corrected chi connectivity index (χ2v) is 3.74. The SMILES string of the molecule is CC(=O)c1ccc(F)cc1OCC(=O)NCCC#N. The Morgan fingerprint density at radius 3 is 2.84 bits per heavy atom. The largest absolute Gasteiger partial charge is 0.483 e. The first kappa shape index (κ1) is 14.6. The fourth-order valence-electron chi connectivity index (χ4n) is 1.36. The topological polar surface area (TPSA) is 79.2 Å². The Hall–Kier alpha value is -2.42. The average molecular weight is 264 g/mol. The minimum Gasteiger partial charge on any atom is -0.483 e. The molecule has 1 aromatic carbocycles. The van der Waals surface area contributed by atoms with E-state index in [0.29, 0.717) is 0 Å². The quantitative estimate of drug-likeness (QED) is 0.622. The number of nitrogens with zero attached hydrogens (tertiary/aromatic N) is 1. The summed E-state index contributed by atoms with van der Waals surface area (Å²) in [7, 11) is 0. The molecule has 100 valence electrons. The third-order valence-corrected chi connectivity index (χ3v) is 2.24. The maximum atomic E-state index is 13.1. The van der Waals surface area contributed by atoms with Crippen LogP contribution >= 0.6 is 0 Å². The van der Waals surface area contributed by atoms with Crippen LogP contribution in [0.3, 0.4) is 0 Å². The van der Waals surface area contributed by atoms with Crippen molar-refractivity contribution < 1.29 is 18.7 Å². The molecule has 19 heavy (non-hydrogen) atoms. The minimum atomic E-state index is -0.551. The van der Waals surface area contributed by atoms with Crippen LogP contribution in [0.25, 0.3) is 0 Å². The molecule has 0 saturated heterocycles. The number of amides is 1. The number of hydrogen-bond acceptors (Lipinski definition) is 4. The van der Waals surface area contributed by atoms with Crippen molar-refractivity contribution in [1.82, 2.24) is 5.32 Å². The number of Topliss-reactive ketones (excluding diaryl/α,β-unsaturated/α-hetero) is 1. The summed E-state index contributed by atoms with van der Waals surface area (Å²) < 4.78 is 18.2. The van der Waals surface area contributed by atoms with E-state index in [1.807, 2.05) is 6.07 Å². The Morgan fingerprint density at radius 1 is 1.47 bits per heavy atom. The molecule has 1 N–H and O–H groups in total.